The van der Waals surface area contributed by atoms with E-state index in [9.17, 15) is 5.11 Å². The highest BCUT2D eigenvalue weighted by Gasteiger charge is 2.12. The van der Waals surface area contributed by atoms with Crippen molar-refractivity contribution in [2.75, 3.05) is 33.0 Å². The zero-order valence-corrected chi connectivity index (χ0v) is 11.1. The van der Waals surface area contributed by atoms with E-state index < -0.39 is 6.10 Å². The molecule has 0 spiro atoms. The minimum Gasteiger partial charge on any atom is -0.493 e. The smallest absolute Gasteiger partial charge is 0.125 e. The van der Waals surface area contributed by atoms with Crippen molar-refractivity contribution in [1.82, 2.24) is 0 Å². The molecule has 0 fully saturated rings. The van der Waals surface area contributed by atoms with Gasteiger partial charge in [-0.25, -0.2) is 0 Å². The van der Waals surface area contributed by atoms with E-state index in [2.05, 4.69) is 0 Å². The van der Waals surface area contributed by atoms with E-state index in [0.29, 0.717) is 32.2 Å². The number of aliphatic hydroxyl groups is 1. The summed E-state index contributed by atoms with van der Waals surface area (Å²) in [6.45, 7) is 6.40. The molecule has 4 nitrogen and oxygen atoms in total. The van der Waals surface area contributed by atoms with Crippen molar-refractivity contribution >= 4 is 0 Å². The van der Waals surface area contributed by atoms with Gasteiger partial charge in [-0.15, -0.1) is 0 Å². The van der Waals surface area contributed by atoms with Crippen LogP contribution in [-0.4, -0.2) is 38.1 Å². The molecular formula is C14H22O4. The molecule has 0 bridgehead atoms. The van der Waals surface area contributed by atoms with Crippen molar-refractivity contribution in [2.45, 2.75) is 20.0 Å². The number of benzene rings is 1. The Morgan fingerprint density at radius 1 is 1.06 bits per heavy atom. The van der Waals surface area contributed by atoms with Gasteiger partial charge in [-0.05, 0) is 19.9 Å². The van der Waals surface area contributed by atoms with Crippen LogP contribution in [0.2, 0.25) is 0 Å². The van der Waals surface area contributed by atoms with E-state index in [-0.39, 0.29) is 6.61 Å². The van der Waals surface area contributed by atoms with Crippen LogP contribution >= 0.6 is 0 Å². The Morgan fingerprint density at radius 2 is 1.78 bits per heavy atom. The average Bonchev–Trinajstić information content (AvgIpc) is 2.39. The predicted molar refractivity (Wildman–Crippen MR) is 69.9 cm³/mol. The second-order valence-corrected chi connectivity index (χ2v) is 3.76. The maximum atomic E-state index is 10.0. The van der Waals surface area contributed by atoms with E-state index in [1.54, 1.807) is 0 Å². The maximum Gasteiger partial charge on any atom is 0.125 e. The average molecular weight is 254 g/mol. The normalized spacial score (nSPS) is 12.4. The molecule has 0 amide bonds. The van der Waals surface area contributed by atoms with Gasteiger partial charge < -0.3 is 19.3 Å². The highest BCUT2D eigenvalue weighted by Crippen LogP contribution is 2.25. The number of aliphatic hydroxyl groups excluding tert-OH is 1. The van der Waals surface area contributed by atoms with Crippen molar-refractivity contribution in [3.8, 4) is 5.75 Å². The van der Waals surface area contributed by atoms with Gasteiger partial charge in [0.1, 0.15) is 11.9 Å². The Labute approximate surface area is 108 Å². The number of para-hydroxylation sites is 1. The topological polar surface area (TPSA) is 47.9 Å². The molecular weight excluding hydrogens is 232 g/mol. The van der Waals surface area contributed by atoms with E-state index in [4.69, 9.17) is 14.2 Å². The van der Waals surface area contributed by atoms with Gasteiger partial charge in [-0.2, -0.15) is 0 Å². The van der Waals surface area contributed by atoms with E-state index in [0.717, 1.165) is 5.56 Å². The number of hydrogen-bond donors (Lipinski definition) is 1. The summed E-state index contributed by atoms with van der Waals surface area (Å²) in [6, 6.07) is 7.46. The summed E-state index contributed by atoms with van der Waals surface area (Å²) in [5, 5.41) is 10.0. The minimum atomic E-state index is -0.672. The first-order valence-corrected chi connectivity index (χ1v) is 6.34. The van der Waals surface area contributed by atoms with Crippen LogP contribution in [0, 0.1) is 0 Å². The van der Waals surface area contributed by atoms with Crippen LogP contribution in [0.3, 0.4) is 0 Å². The van der Waals surface area contributed by atoms with Gasteiger partial charge in [0.25, 0.3) is 0 Å². The molecule has 4 heteroatoms. The van der Waals surface area contributed by atoms with Gasteiger partial charge >= 0.3 is 0 Å². The fourth-order valence-electron chi connectivity index (χ4n) is 1.59. The van der Waals surface area contributed by atoms with Crippen molar-refractivity contribution < 1.29 is 19.3 Å². The first-order valence-electron chi connectivity index (χ1n) is 6.34. The highest BCUT2D eigenvalue weighted by molar-refractivity contribution is 5.35. The molecule has 1 unspecified atom stereocenters. The van der Waals surface area contributed by atoms with Gasteiger partial charge in [0, 0.05) is 12.2 Å². The second kappa shape index (κ2) is 8.91. The monoisotopic (exact) mass is 254 g/mol. The summed E-state index contributed by atoms with van der Waals surface area (Å²) >= 11 is 0. The zero-order chi connectivity index (χ0) is 13.2. The number of ether oxygens (including phenoxy) is 3. The summed E-state index contributed by atoms with van der Waals surface area (Å²) in [6.07, 6.45) is -0.672. The predicted octanol–water partition coefficient (Wildman–Crippen LogP) is 2.17. The largest absolute Gasteiger partial charge is 0.493 e. The van der Waals surface area contributed by atoms with Crippen molar-refractivity contribution in [3.05, 3.63) is 29.8 Å². The van der Waals surface area contributed by atoms with Gasteiger partial charge in [0.05, 0.1) is 26.4 Å². The lowest BCUT2D eigenvalue weighted by Gasteiger charge is -2.15. The first kappa shape index (κ1) is 15.0. The lowest BCUT2D eigenvalue weighted by Crippen LogP contribution is -2.12. The third-order valence-corrected chi connectivity index (χ3v) is 2.43. The molecule has 0 heterocycles. The Bertz CT molecular complexity index is 327. The Morgan fingerprint density at radius 3 is 2.50 bits per heavy atom. The quantitative estimate of drug-likeness (QED) is 0.686. The summed E-state index contributed by atoms with van der Waals surface area (Å²) < 4.78 is 16.0. The molecule has 1 rings (SSSR count). The molecule has 1 N–H and O–H groups in total. The SMILES string of the molecule is CCOCCOCC(O)c1ccccc1OCC. The molecule has 1 aromatic carbocycles. The Balaban J connectivity index is 2.42. The lowest BCUT2D eigenvalue weighted by molar-refractivity contribution is 0.00451. The molecule has 1 atom stereocenters. The maximum absolute atomic E-state index is 10.0. The van der Waals surface area contributed by atoms with Crippen molar-refractivity contribution in [2.24, 2.45) is 0 Å². The van der Waals surface area contributed by atoms with Crippen LogP contribution in [0.15, 0.2) is 24.3 Å². The summed E-state index contributed by atoms with van der Waals surface area (Å²) in [5.41, 5.74) is 0.760. The van der Waals surface area contributed by atoms with E-state index >= 15 is 0 Å². The molecule has 0 aliphatic heterocycles. The van der Waals surface area contributed by atoms with Gasteiger partial charge in [-0.1, -0.05) is 18.2 Å². The van der Waals surface area contributed by atoms with Crippen LogP contribution in [0.4, 0.5) is 0 Å². The zero-order valence-electron chi connectivity index (χ0n) is 11.1. The molecule has 0 saturated carbocycles. The van der Waals surface area contributed by atoms with Gasteiger partial charge in [0.2, 0.25) is 0 Å². The third-order valence-electron chi connectivity index (χ3n) is 2.43. The molecule has 0 aliphatic carbocycles. The van der Waals surface area contributed by atoms with Gasteiger partial charge in [0.15, 0.2) is 0 Å². The minimum absolute atomic E-state index is 0.247. The molecule has 0 aliphatic rings. The fraction of sp³-hybridized carbons (Fsp3) is 0.571. The van der Waals surface area contributed by atoms with Crippen molar-refractivity contribution in [3.63, 3.8) is 0 Å². The summed E-state index contributed by atoms with van der Waals surface area (Å²) in [5.74, 6) is 0.709. The molecule has 1 aromatic rings. The van der Waals surface area contributed by atoms with Crippen LogP contribution in [0.5, 0.6) is 5.75 Å². The highest BCUT2D eigenvalue weighted by atomic mass is 16.5. The fourth-order valence-corrected chi connectivity index (χ4v) is 1.59. The van der Waals surface area contributed by atoms with E-state index in [1.165, 1.54) is 0 Å². The standard InChI is InChI=1S/C14H22O4/c1-3-16-9-10-17-11-13(15)12-7-5-6-8-14(12)18-4-2/h5-8,13,15H,3-4,9-11H2,1-2H3. The Kier molecular flexibility index (Phi) is 7.41. The molecule has 0 saturated heterocycles. The lowest BCUT2D eigenvalue weighted by atomic mass is 10.1. The molecule has 0 aromatic heterocycles. The second-order valence-electron chi connectivity index (χ2n) is 3.76. The van der Waals surface area contributed by atoms with Crippen LogP contribution in [0.1, 0.15) is 25.5 Å². The summed E-state index contributed by atoms with van der Waals surface area (Å²) in [7, 11) is 0. The number of hydrogen-bond acceptors (Lipinski definition) is 4. The first-order chi connectivity index (χ1) is 8.79. The van der Waals surface area contributed by atoms with Crippen molar-refractivity contribution in [1.29, 1.82) is 0 Å². The van der Waals surface area contributed by atoms with E-state index in [1.807, 2.05) is 38.1 Å². The number of rotatable bonds is 9. The molecule has 0 radical (unpaired) electrons. The van der Waals surface area contributed by atoms with Crippen LogP contribution < -0.4 is 4.74 Å². The molecule has 102 valence electrons. The van der Waals surface area contributed by atoms with Gasteiger partial charge in [-0.3, -0.25) is 0 Å². The third kappa shape index (κ3) is 5.04. The summed E-state index contributed by atoms with van der Waals surface area (Å²) in [4.78, 5) is 0. The Hall–Kier alpha value is -1.10. The van der Waals surface area contributed by atoms with Crippen LogP contribution in [0.25, 0.3) is 0 Å². The molecule has 18 heavy (non-hydrogen) atoms. The van der Waals surface area contributed by atoms with Crippen LogP contribution in [-0.2, 0) is 9.47 Å².